The summed E-state index contributed by atoms with van der Waals surface area (Å²) in [5.41, 5.74) is 9.37. The molecule has 0 aliphatic carbocycles. The van der Waals surface area contributed by atoms with Crippen LogP contribution >= 0.6 is 11.3 Å². The lowest BCUT2D eigenvalue weighted by molar-refractivity contribution is 0.655. The maximum absolute atomic E-state index is 6.76. The molecule has 9 aromatic carbocycles. The first-order valence-electron chi connectivity index (χ1n) is 20.8. The molecule has 6 nitrogen and oxygen atoms in total. The van der Waals surface area contributed by atoms with E-state index in [0.29, 0.717) is 11.7 Å². The fourth-order valence-corrected chi connectivity index (χ4v) is 10.9. The average molecular weight is 813 g/mol. The maximum atomic E-state index is 6.76. The molecule has 1 atom stereocenters. The van der Waals surface area contributed by atoms with Crippen molar-refractivity contribution in [3.63, 3.8) is 0 Å². The fourth-order valence-electron chi connectivity index (χ4n) is 9.75. The second kappa shape index (κ2) is 12.8. The number of aromatic nitrogens is 1. The van der Waals surface area contributed by atoms with Gasteiger partial charge in [0.1, 0.15) is 34.3 Å². The Morgan fingerprint density at radius 2 is 1.16 bits per heavy atom. The minimum absolute atomic E-state index is 0.468. The van der Waals surface area contributed by atoms with E-state index in [-0.39, 0.29) is 0 Å². The molecule has 1 unspecified atom stereocenters. The molecule has 290 valence electrons. The average Bonchev–Trinajstić information content (AvgIpc) is 4.08. The predicted molar refractivity (Wildman–Crippen MR) is 258 cm³/mol. The van der Waals surface area contributed by atoms with Gasteiger partial charge in [0.05, 0.1) is 16.7 Å². The van der Waals surface area contributed by atoms with E-state index in [2.05, 4.69) is 168 Å². The lowest BCUT2D eigenvalue weighted by Gasteiger charge is -2.24. The lowest BCUT2D eigenvalue weighted by atomic mass is 10.0. The SMILES string of the molecule is c1ccc2cc3c(cc2c1)c1ccccc1n3-c1cc(C2=NC(c3ccc4c(c3)sc3ccccc34)=NC(c3ccc4c(c3)oc3ccccc34)N2)c2c(c1)oc1ccccc12. The molecule has 0 bridgehead atoms. The number of para-hydroxylation sites is 3. The van der Waals surface area contributed by atoms with Gasteiger partial charge in [0, 0.05) is 75.2 Å². The van der Waals surface area contributed by atoms with Gasteiger partial charge in [-0.3, -0.25) is 0 Å². The summed E-state index contributed by atoms with van der Waals surface area (Å²) in [5, 5.41) is 15.3. The minimum atomic E-state index is -0.468. The molecule has 5 heterocycles. The topological polar surface area (TPSA) is 68.0 Å². The van der Waals surface area contributed by atoms with Crippen LogP contribution in [0.5, 0.6) is 0 Å². The van der Waals surface area contributed by atoms with Crippen LogP contribution in [0.1, 0.15) is 22.9 Å². The van der Waals surface area contributed by atoms with Crippen LogP contribution in [0.15, 0.2) is 201 Å². The summed E-state index contributed by atoms with van der Waals surface area (Å²) in [6.07, 6.45) is -0.468. The van der Waals surface area contributed by atoms with E-state index in [0.717, 1.165) is 77.3 Å². The van der Waals surface area contributed by atoms with Gasteiger partial charge in [-0.15, -0.1) is 11.3 Å². The zero-order valence-electron chi connectivity index (χ0n) is 33.0. The van der Waals surface area contributed by atoms with Gasteiger partial charge in [-0.25, -0.2) is 9.98 Å². The van der Waals surface area contributed by atoms with Gasteiger partial charge in [0.25, 0.3) is 0 Å². The summed E-state index contributed by atoms with van der Waals surface area (Å²) in [4.78, 5) is 10.9. The first-order chi connectivity index (χ1) is 30.7. The molecule has 0 spiro atoms. The van der Waals surface area contributed by atoms with Gasteiger partial charge >= 0.3 is 0 Å². The number of amidine groups is 2. The van der Waals surface area contributed by atoms with E-state index in [1.807, 2.05) is 24.3 Å². The number of nitrogens with zero attached hydrogens (tertiary/aromatic N) is 3. The molecular formula is C55H32N4O2S. The van der Waals surface area contributed by atoms with Crippen molar-refractivity contribution >= 4 is 120 Å². The Balaban J connectivity index is 1.02. The molecule has 0 amide bonds. The van der Waals surface area contributed by atoms with Gasteiger partial charge in [-0.05, 0) is 65.4 Å². The van der Waals surface area contributed by atoms with Crippen molar-refractivity contribution in [3.8, 4) is 5.69 Å². The molecule has 14 rings (SSSR count). The smallest absolute Gasteiger partial charge is 0.159 e. The summed E-state index contributed by atoms with van der Waals surface area (Å²) < 4.78 is 18.0. The first kappa shape index (κ1) is 33.8. The van der Waals surface area contributed by atoms with E-state index in [1.165, 1.54) is 41.7 Å². The van der Waals surface area contributed by atoms with Gasteiger partial charge < -0.3 is 18.7 Å². The zero-order chi connectivity index (χ0) is 40.5. The van der Waals surface area contributed by atoms with Crippen LogP contribution in [0, 0.1) is 0 Å². The standard InChI is InChI=1S/C55H32N4O2S/c1-2-12-32-26-45-42(25-31(32)11-1)36-13-3-7-17-44(36)59(45)35-29-43(52-41-16-5-9-19-47(41)61-49(52)30-35)55-57-53(33-21-23-38-37-14-4-8-18-46(37)60-48(38)27-33)56-54(58-55)34-22-24-40-39-15-6-10-20-50(39)62-51(40)28-34/h1-30,53H,(H,56,57,58). The summed E-state index contributed by atoms with van der Waals surface area (Å²) in [6.45, 7) is 0. The third-order valence-corrected chi connectivity index (χ3v) is 13.7. The molecular weight excluding hydrogens is 781 g/mol. The molecule has 0 fully saturated rings. The molecule has 13 aromatic rings. The number of hydrogen-bond acceptors (Lipinski definition) is 6. The molecule has 62 heavy (non-hydrogen) atoms. The van der Waals surface area contributed by atoms with E-state index < -0.39 is 6.17 Å². The highest BCUT2D eigenvalue weighted by molar-refractivity contribution is 7.25. The Morgan fingerprint density at radius 3 is 2.05 bits per heavy atom. The number of nitrogens with one attached hydrogen (secondary N) is 1. The highest BCUT2D eigenvalue weighted by atomic mass is 32.1. The van der Waals surface area contributed by atoms with Gasteiger partial charge in [-0.1, -0.05) is 121 Å². The Labute approximate surface area is 357 Å². The van der Waals surface area contributed by atoms with Crippen LogP contribution in [-0.2, 0) is 0 Å². The largest absolute Gasteiger partial charge is 0.456 e. The molecule has 7 heteroatoms. The number of benzene rings is 9. The summed E-state index contributed by atoms with van der Waals surface area (Å²) >= 11 is 1.80. The Morgan fingerprint density at radius 1 is 0.484 bits per heavy atom. The number of thiophene rings is 1. The van der Waals surface area contributed by atoms with Crippen molar-refractivity contribution in [1.29, 1.82) is 0 Å². The van der Waals surface area contributed by atoms with E-state index in [1.54, 1.807) is 11.3 Å². The van der Waals surface area contributed by atoms with Crippen LogP contribution in [0.25, 0.3) is 102 Å². The van der Waals surface area contributed by atoms with Crippen molar-refractivity contribution in [3.05, 3.63) is 199 Å². The lowest BCUT2D eigenvalue weighted by Crippen LogP contribution is -2.33. The Kier molecular flexibility index (Phi) is 6.95. The summed E-state index contributed by atoms with van der Waals surface area (Å²) in [5.74, 6) is 1.37. The van der Waals surface area contributed by atoms with Crippen molar-refractivity contribution in [1.82, 2.24) is 9.88 Å². The van der Waals surface area contributed by atoms with Crippen molar-refractivity contribution in [2.75, 3.05) is 0 Å². The van der Waals surface area contributed by atoms with Gasteiger partial charge in [0.15, 0.2) is 5.84 Å². The van der Waals surface area contributed by atoms with E-state index >= 15 is 0 Å². The van der Waals surface area contributed by atoms with Gasteiger partial charge in [-0.2, -0.15) is 0 Å². The molecule has 1 aliphatic heterocycles. The van der Waals surface area contributed by atoms with Crippen LogP contribution in [-0.4, -0.2) is 16.2 Å². The molecule has 1 N–H and O–H groups in total. The first-order valence-corrected chi connectivity index (χ1v) is 21.6. The molecule has 4 aromatic heterocycles. The highest BCUT2D eigenvalue weighted by Gasteiger charge is 2.27. The van der Waals surface area contributed by atoms with E-state index in [4.69, 9.17) is 18.8 Å². The monoisotopic (exact) mass is 812 g/mol. The Bertz CT molecular complexity index is 4110. The Hall–Kier alpha value is -8.00. The second-order valence-corrected chi connectivity index (χ2v) is 17.2. The molecule has 0 saturated carbocycles. The van der Waals surface area contributed by atoms with Crippen molar-refractivity contribution in [2.24, 2.45) is 9.98 Å². The number of furan rings is 2. The van der Waals surface area contributed by atoms with Gasteiger partial charge in [0.2, 0.25) is 0 Å². The predicted octanol–water partition coefficient (Wildman–Crippen LogP) is 14.6. The molecule has 1 aliphatic rings. The second-order valence-electron chi connectivity index (χ2n) is 16.2. The number of rotatable bonds is 4. The van der Waals surface area contributed by atoms with Crippen molar-refractivity contribution in [2.45, 2.75) is 6.17 Å². The summed E-state index contributed by atoms with van der Waals surface area (Å²) in [7, 11) is 0. The zero-order valence-corrected chi connectivity index (χ0v) is 33.8. The van der Waals surface area contributed by atoms with Crippen LogP contribution in [0.4, 0.5) is 0 Å². The minimum Gasteiger partial charge on any atom is -0.456 e. The van der Waals surface area contributed by atoms with Crippen LogP contribution in [0.3, 0.4) is 0 Å². The van der Waals surface area contributed by atoms with Crippen LogP contribution in [0.2, 0.25) is 0 Å². The molecule has 0 radical (unpaired) electrons. The molecule has 0 saturated heterocycles. The van der Waals surface area contributed by atoms with Crippen molar-refractivity contribution < 1.29 is 8.83 Å². The van der Waals surface area contributed by atoms with E-state index in [9.17, 15) is 0 Å². The van der Waals surface area contributed by atoms with Crippen LogP contribution < -0.4 is 5.32 Å². The fraction of sp³-hybridized carbons (Fsp3) is 0.0182. The normalized spacial score (nSPS) is 14.6. The summed E-state index contributed by atoms with van der Waals surface area (Å²) in [6, 6.07) is 64.4. The maximum Gasteiger partial charge on any atom is 0.159 e. The number of hydrogen-bond donors (Lipinski definition) is 1. The number of aliphatic imine (C=N–C) groups is 2. The highest BCUT2D eigenvalue weighted by Crippen LogP contribution is 2.41. The third kappa shape index (κ3) is 4.97. The third-order valence-electron chi connectivity index (χ3n) is 12.6. The number of fused-ring (bicyclic) bond motifs is 13. The quantitative estimate of drug-likeness (QED) is 0.192.